The molecule has 0 saturated heterocycles. The molecule has 0 radical (unpaired) electrons. The normalized spacial score (nSPS) is 9.54. The van der Waals surface area contributed by atoms with Crippen molar-refractivity contribution < 1.29 is 14.2 Å². The Kier molecular flexibility index (Phi) is 10.5. The van der Waals surface area contributed by atoms with Crippen molar-refractivity contribution in [1.82, 2.24) is 0 Å². The first kappa shape index (κ1) is 12.2. The van der Waals surface area contributed by atoms with Crippen LogP contribution < -0.4 is 0 Å². The van der Waals surface area contributed by atoms with E-state index in [-0.39, 0.29) is 0 Å². The summed E-state index contributed by atoms with van der Waals surface area (Å²) < 4.78 is 14.8. The van der Waals surface area contributed by atoms with Crippen molar-refractivity contribution in [2.75, 3.05) is 33.0 Å². The van der Waals surface area contributed by atoms with Crippen molar-refractivity contribution in [3.8, 4) is 6.26 Å². The average Bonchev–Trinajstić information content (AvgIpc) is 2.16. The first-order valence-electron chi connectivity index (χ1n) is 4.58. The summed E-state index contributed by atoms with van der Waals surface area (Å²) in [6, 6.07) is 0. The van der Waals surface area contributed by atoms with E-state index in [4.69, 9.17) is 14.7 Å². The minimum atomic E-state index is 0.325. The van der Waals surface area contributed by atoms with Gasteiger partial charge in [-0.15, -0.1) is 0 Å². The molecule has 0 spiro atoms. The Morgan fingerprint density at radius 1 is 1.00 bits per heavy atom. The molecular weight excluding hydrogens is 170 g/mol. The lowest BCUT2D eigenvalue weighted by atomic mass is 10.4. The van der Waals surface area contributed by atoms with E-state index >= 15 is 0 Å². The van der Waals surface area contributed by atoms with E-state index in [1.54, 1.807) is 6.26 Å². The van der Waals surface area contributed by atoms with Crippen LogP contribution >= 0.6 is 0 Å². The van der Waals surface area contributed by atoms with E-state index in [0.29, 0.717) is 26.4 Å². The number of nitrogens with zero attached hydrogens (tertiary/aromatic N) is 1. The minimum Gasteiger partial charge on any atom is -0.425 e. The molecule has 0 heterocycles. The standard InChI is InChI=1S/C9H17NO3/c1-2-3-4-11-5-6-12-7-8-13-9-10/h2-8H2,1H3. The summed E-state index contributed by atoms with van der Waals surface area (Å²) in [5, 5.41) is 8.01. The van der Waals surface area contributed by atoms with Crippen LogP contribution in [-0.4, -0.2) is 33.0 Å². The lowest BCUT2D eigenvalue weighted by Crippen LogP contribution is -2.08. The first-order chi connectivity index (χ1) is 6.41. The van der Waals surface area contributed by atoms with Gasteiger partial charge in [0.05, 0.1) is 19.8 Å². The highest BCUT2D eigenvalue weighted by atomic mass is 16.5. The van der Waals surface area contributed by atoms with E-state index in [0.717, 1.165) is 19.4 Å². The molecule has 0 N–H and O–H groups in total. The van der Waals surface area contributed by atoms with Crippen LogP contribution in [0.3, 0.4) is 0 Å². The molecule has 0 aliphatic heterocycles. The third kappa shape index (κ3) is 11.2. The molecule has 0 aliphatic carbocycles. The van der Waals surface area contributed by atoms with Gasteiger partial charge >= 0.3 is 0 Å². The lowest BCUT2D eigenvalue weighted by Gasteiger charge is -2.03. The maximum atomic E-state index is 8.01. The summed E-state index contributed by atoms with van der Waals surface area (Å²) in [4.78, 5) is 0. The summed E-state index contributed by atoms with van der Waals surface area (Å²) in [5.74, 6) is 0. The quantitative estimate of drug-likeness (QED) is 0.403. The SMILES string of the molecule is CCCCOCCOCCOC#N. The molecule has 0 fully saturated rings. The zero-order chi connectivity index (χ0) is 9.78. The largest absolute Gasteiger partial charge is 0.425 e. The van der Waals surface area contributed by atoms with Gasteiger partial charge in [-0.05, 0) is 6.42 Å². The summed E-state index contributed by atoms with van der Waals surface area (Å²) in [7, 11) is 0. The van der Waals surface area contributed by atoms with Gasteiger partial charge in [0.15, 0.2) is 0 Å². The zero-order valence-corrected chi connectivity index (χ0v) is 8.12. The molecule has 4 heteroatoms. The Labute approximate surface area is 79.4 Å². The fourth-order valence-electron chi connectivity index (χ4n) is 0.715. The second-order valence-electron chi connectivity index (χ2n) is 2.52. The molecule has 0 aromatic carbocycles. The van der Waals surface area contributed by atoms with Gasteiger partial charge in [0.25, 0.3) is 6.26 Å². The molecule has 0 bridgehead atoms. The van der Waals surface area contributed by atoms with E-state index in [1.807, 2.05) is 0 Å². The van der Waals surface area contributed by atoms with Crippen LogP contribution in [0.5, 0.6) is 0 Å². The molecule has 0 amide bonds. The van der Waals surface area contributed by atoms with Crippen molar-refractivity contribution in [3.63, 3.8) is 0 Å². The fourth-order valence-corrected chi connectivity index (χ4v) is 0.715. The van der Waals surface area contributed by atoms with Crippen molar-refractivity contribution >= 4 is 0 Å². The van der Waals surface area contributed by atoms with Gasteiger partial charge < -0.3 is 14.2 Å². The van der Waals surface area contributed by atoms with Gasteiger partial charge in [0.1, 0.15) is 6.61 Å². The van der Waals surface area contributed by atoms with Gasteiger partial charge in [0, 0.05) is 6.61 Å². The Hall–Kier alpha value is -0.790. The van der Waals surface area contributed by atoms with Gasteiger partial charge in [-0.1, -0.05) is 13.3 Å². The average molecular weight is 187 g/mol. The number of nitriles is 1. The van der Waals surface area contributed by atoms with Crippen molar-refractivity contribution in [2.24, 2.45) is 0 Å². The smallest absolute Gasteiger partial charge is 0.286 e. The highest BCUT2D eigenvalue weighted by Gasteiger charge is 1.89. The van der Waals surface area contributed by atoms with Crippen LogP contribution in [0.1, 0.15) is 19.8 Å². The van der Waals surface area contributed by atoms with E-state index in [1.165, 1.54) is 0 Å². The molecule has 0 rings (SSSR count). The molecule has 4 nitrogen and oxygen atoms in total. The van der Waals surface area contributed by atoms with Crippen LogP contribution in [0.15, 0.2) is 0 Å². The van der Waals surface area contributed by atoms with Gasteiger partial charge in [-0.25, -0.2) is 0 Å². The Morgan fingerprint density at radius 3 is 2.23 bits per heavy atom. The van der Waals surface area contributed by atoms with Crippen molar-refractivity contribution in [2.45, 2.75) is 19.8 Å². The van der Waals surface area contributed by atoms with E-state index in [2.05, 4.69) is 11.7 Å². The lowest BCUT2D eigenvalue weighted by molar-refractivity contribution is 0.0317. The highest BCUT2D eigenvalue weighted by Crippen LogP contribution is 1.87. The summed E-state index contributed by atoms with van der Waals surface area (Å²) >= 11 is 0. The third-order valence-corrected chi connectivity index (χ3v) is 1.41. The maximum Gasteiger partial charge on any atom is 0.286 e. The second kappa shape index (κ2) is 11.2. The predicted octanol–water partition coefficient (Wildman–Crippen LogP) is 1.32. The van der Waals surface area contributed by atoms with Crippen molar-refractivity contribution in [1.29, 1.82) is 5.26 Å². The molecule has 0 unspecified atom stereocenters. The molecule has 0 atom stereocenters. The minimum absolute atomic E-state index is 0.325. The van der Waals surface area contributed by atoms with E-state index in [9.17, 15) is 0 Å². The van der Waals surface area contributed by atoms with Crippen LogP contribution in [0.2, 0.25) is 0 Å². The van der Waals surface area contributed by atoms with Gasteiger partial charge in [0.2, 0.25) is 0 Å². The Morgan fingerprint density at radius 2 is 1.62 bits per heavy atom. The predicted molar refractivity (Wildman–Crippen MR) is 48.1 cm³/mol. The van der Waals surface area contributed by atoms with Gasteiger partial charge in [-0.2, -0.15) is 5.26 Å². The van der Waals surface area contributed by atoms with E-state index < -0.39 is 0 Å². The number of hydrogen-bond acceptors (Lipinski definition) is 4. The summed E-state index contributed by atoms with van der Waals surface area (Å²) in [5.41, 5.74) is 0. The van der Waals surface area contributed by atoms with Crippen LogP contribution in [-0.2, 0) is 14.2 Å². The molecule has 0 aromatic heterocycles. The molecule has 0 saturated carbocycles. The monoisotopic (exact) mass is 187 g/mol. The zero-order valence-electron chi connectivity index (χ0n) is 8.12. The Bertz CT molecular complexity index is 133. The molecular formula is C9H17NO3. The number of ether oxygens (including phenoxy) is 3. The highest BCUT2D eigenvalue weighted by molar-refractivity contribution is 4.46. The number of unbranched alkanes of at least 4 members (excludes halogenated alkanes) is 1. The molecule has 0 aliphatic rings. The van der Waals surface area contributed by atoms with Gasteiger partial charge in [-0.3, -0.25) is 0 Å². The molecule has 0 aromatic rings. The second-order valence-corrected chi connectivity index (χ2v) is 2.52. The third-order valence-electron chi connectivity index (χ3n) is 1.41. The summed E-state index contributed by atoms with van der Waals surface area (Å²) in [6.45, 7) is 4.88. The van der Waals surface area contributed by atoms with Crippen LogP contribution in [0.4, 0.5) is 0 Å². The molecule has 76 valence electrons. The maximum absolute atomic E-state index is 8.01. The number of rotatable bonds is 9. The summed E-state index contributed by atoms with van der Waals surface area (Å²) in [6.07, 6.45) is 3.82. The van der Waals surface area contributed by atoms with Crippen LogP contribution in [0.25, 0.3) is 0 Å². The Balaban J connectivity index is 2.80. The molecule has 13 heavy (non-hydrogen) atoms. The fraction of sp³-hybridized carbons (Fsp3) is 0.889. The van der Waals surface area contributed by atoms with Crippen LogP contribution in [0, 0.1) is 11.5 Å². The topological polar surface area (TPSA) is 51.5 Å². The van der Waals surface area contributed by atoms with Crippen molar-refractivity contribution in [3.05, 3.63) is 0 Å². The first-order valence-corrected chi connectivity index (χ1v) is 4.58. The number of hydrogen-bond donors (Lipinski definition) is 0.